The van der Waals surface area contributed by atoms with Crippen LogP contribution in [0.2, 0.25) is 0 Å². The summed E-state index contributed by atoms with van der Waals surface area (Å²) < 4.78 is 19.8. The summed E-state index contributed by atoms with van der Waals surface area (Å²) in [6, 6.07) is 11.3. The lowest BCUT2D eigenvalue weighted by molar-refractivity contribution is -0.136. The zero-order valence-corrected chi connectivity index (χ0v) is 20.2. The number of imide groups is 1. The first-order valence-electron chi connectivity index (χ1n) is 10.6. The third-order valence-electron chi connectivity index (χ3n) is 5.44. The van der Waals surface area contributed by atoms with Crippen molar-refractivity contribution >= 4 is 50.8 Å². The van der Waals surface area contributed by atoms with Gasteiger partial charge in [0, 0.05) is 23.1 Å². The molecule has 0 saturated carbocycles. The number of hydrogen-bond acceptors (Lipinski definition) is 5. The van der Waals surface area contributed by atoms with Gasteiger partial charge in [-0.05, 0) is 73.0 Å². The third-order valence-corrected chi connectivity index (χ3v) is 6.84. The summed E-state index contributed by atoms with van der Waals surface area (Å²) in [5.41, 5.74) is 1.40. The Hall–Kier alpha value is -2.65. The molecular weight excluding hydrogens is 511 g/mol. The molecule has 0 aromatic heterocycles. The molecule has 2 aliphatic rings. The minimum Gasteiger partial charge on any atom is -0.488 e. The summed E-state index contributed by atoms with van der Waals surface area (Å²) >= 11 is 4.23. The van der Waals surface area contributed by atoms with Gasteiger partial charge in [0.05, 0.1) is 4.91 Å². The Morgan fingerprint density at radius 1 is 1.09 bits per heavy atom. The summed E-state index contributed by atoms with van der Waals surface area (Å²) in [7, 11) is 0. The maximum absolute atomic E-state index is 13.1. The summed E-state index contributed by atoms with van der Waals surface area (Å²) in [5.74, 6) is -0.500. The Morgan fingerprint density at radius 3 is 2.55 bits per heavy atom. The maximum atomic E-state index is 13.1. The average molecular weight is 533 g/mol. The van der Waals surface area contributed by atoms with E-state index in [1.165, 1.54) is 12.1 Å². The van der Waals surface area contributed by atoms with Crippen LogP contribution in [0.4, 0.5) is 9.18 Å². The number of benzene rings is 2. The molecule has 0 atom stereocenters. The molecule has 2 saturated heterocycles. The van der Waals surface area contributed by atoms with E-state index in [-0.39, 0.29) is 29.8 Å². The second kappa shape index (κ2) is 10.5. The summed E-state index contributed by atoms with van der Waals surface area (Å²) in [4.78, 5) is 40.9. The Labute approximate surface area is 203 Å². The second-order valence-corrected chi connectivity index (χ2v) is 9.72. The number of carbonyl (C=O) groups is 3. The number of amides is 3. The SMILES string of the molecule is O=C(CN1C(=O)S/C(=C\c2cc(Br)ccc2OCc2ccc(F)cc2)C1=O)N1CCCCC1. The van der Waals surface area contributed by atoms with Gasteiger partial charge in [-0.1, -0.05) is 28.1 Å². The predicted octanol–water partition coefficient (Wildman–Crippen LogP) is 5.22. The quantitative estimate of drug-likeness (QED) is 0.477. The van der Waals surface area contributed by atoms with Crippen LogP contribution in [0.1, 0.15) is 30.4 Å². The molecule has 2 aromatic rings. The minimum absolute atomic E-state index is 0.205. The Balaban J connectivity index is 1.49. The minimum atomic E-state index is -0.486. The van der Waals surface area contributed by atoms with E-state index in [0.29, 0.717) is 24.4 Å². The van der Waals surface area contributed by atoms with Crippen molar-refractivity contribution < 1.29 is 23.5 Å². The van der Waals surface area contributed by atoms with E-state index in [2.05, 4.69) is 15.9 Å². The van der Waals surface area contributed by atoms with E-state index in [0.717, 1.165) is 46.0 Å². The molecular formula is C24H22BrFN2O4S. The van der Waals surface area contributed by atoms with Crippen molar-refractivity contribution in [1.82, 2.24) is 9.80 Å². The van der Waals surface area contributed by atoms with Crippen molar-refractivity contribution in [3.05, 3.63) is 68.8 Å². The van der Waals surface area contributed by atoms with Gasteiger partial charge in [0.15, 0.2) is 0 Å². The van der Waals surface area contributed by atoms with Crippen LogP contribution in [0.5, 0.6) is 5.75 Å². The van der Waals surface area contributed by atoms with Gasteiger partial charge in [-0.3, -0.25) is 19.3 Å². The van der Waals surface area contributed by atoms with Crippen molar-refractivity contribution in [2.45, 2.75) is 25.9 Å². The number of thioether (sulfide) groups is 1. The van der Waals surface area contributed by atoms with Crippen LogP contribution in [0.25, 0.3) is 6.08 Å². The van der Waals surface area contributed by atoms with Crippen LogP contribution < -0.4 is 4.74 Å². The van der Waals surface area contributed by atoms with Gasteiger partial charge in [0.1, 0.15) is 24.7 Å². The van der Waals surface area contributed by atoms with Crippen molar-refractivity contribution in [2.75, 3.05) is 19.6 Å². The topological polar surface area (TPSA) is 66.9 Å². The lowest BCUT2D eigenvalue weighted by Gasteiger charge is -2.27. The van der Waals surface area contributed by atoms with E-state index in [1.54, 1.807) is 41.3 Å². The smallest absolute Gasteiger partial charge is 0.294 e. The Bertz CT molecular complexity index is 1100. The Morgan fingerprint density at radius 2 is 1.82 bits per heavy atom. The van der Waals surface area contributed by atoms with Gasteiger partial charge in [0.25, 0.3) is 11.1 Å². The summed E-state index contributed by atoms with van der Waals surface area (Å²) in [6.45, 7) is 1.30. The number of nitrogens with zero attached hydrogens (tertiary/aromatic N) is 2. The normalized spacial score (nSPS) is 17.7. The molecule has 0 unspecified atom stereocenters. The molecule has 6 nitrogen and oxygen atoms in total. The highest BCUT2D eigenvalue weighted by Gasteiger charge is 2.37. The second-order valence-electron chi connectivity index (χ2n) is 7.81. The molecule has 0 aliphatic carbocycles. The fraction of sp³-hybridized carbons (Fsp3) is 0.292. The van der Waals surface area contributed by atoms with Crippen molar-refractivity contribution in [3.8, 4) is 5.75 Å². The number of hydrogen-bond donors (Lipinski definition) is 0. The lowest BCUT2D eigenvalue weighted by atomic mass is 10.1. The number of piperidine rings is 1. The monoisotopic (exact) mass is 532 g/mol. The molecule has 9 heteroatoms. The highest BCUT2D eigenvalue weighted by Crippen LogP contribution is 2.35. The standard InChI is InChI=1S/C24H22BrFN2O4S/c25-18-6-9-20(32-15-16-4-7-19(26)8-5-16)17(12-18)13-21-23(30)28(24(31)33-21)14-22(29)27-10-2-1-3-11-27/h4-9,12-13H,1-3,10-11,14-15H2/b21-13-. The molecule has 33 heavy (non-hydrogen) atoms. The molecule has 2 aromatic carbocycles. The fourth-order valence-electron chi connectivity index (χ4n) is 3.66. The predicted molar refractivity (Wildman–Crippen MR) is 128 cm³/mol. The molecule has 172 valence electrons. The number of rotatable bonds is 6. The van der Waals surface area contributed by atoms with Crippen LogP contribution in [0.15, 0.2) is 51.8 Å². The summed E-state index contributed by atoms with van der Waals surface area (Å²) in [6.07, 6.45) is 4.57. The van der Waals surface area contributed by atoms with E-state index < -0.39 is 11.1 Å². The molecule has 2 heterocycles. The molecule has 0 radical (unpaired) electrons. The van der Waals surface area contributed by atoms with Crippen LogP contribution >= 0.6 is 27.7 Å². The van der Waals surface area contributed by atoms with Crippen LogP contribution in [-0.4, -0.2) is 46.5 Å². The summed E-state index contributed by atoms with van der Waals surface area (Å²) in [5, 5.41) is -0.458. The molecule has 2 fully saturated rings. The van der Waals surface area contributed by atoms with Gasteiger partial charge in [-0.25, -0.2) is 4.39 Å². The molecule has 0 spiro atoms. The number of halogens is 2. The first-order valence-corrected chi connectivity index (χ1v) is 12.2. The zero-order chi connectivity index (χ0) is 23.4. The van der Waals surface area contributed by atoms with Crippen LogP contribution in [-0.2, 0) is 16.2 Å². The highest BCUT2D eigenvalue weighted by molar-refractivity contribution is 9.10. The molecule has 2 aliphatic heterocycles. The van der Waals surface area contributed by atoms with Gasteiger partial charge in [-0.15, -0.1) is 0 Å². The number of carbonyl (C=O) groups excluding carboxylic acids is 3. The van der Waals surface area contributed by atoms with Crippen LogP contribution in [0, 0.1) is 5.82 Å². The maximum Gasteiger partial charge on any atom is 0.294 e. The van der Waals surface area contributed by atoms with E-state index in [1.807, 2.05) is 0 Å². The number of ether oxygens (including phenoxy) is 1. The lowest BCUT2D eigenvalue weighted by Crippen LogP contribution is -2.44. The van der Waals surface area contributed by atoms with Crippen molar-refractivity contribution in [2.24, 2.45) is 0 Å². The van der Waals surface area contributed by atoms with E-state index in [4.69, 9.17) is 4.74 Å². The van der Waals surface area contributed by atoms with E-state index >= 15 is 0 Å². The Kier molecular flexibility index (Phi) is 7.49. The van der Waals surface area contributed by atoms with Gasteiger partial charge >= 0.3 is 0 Å². The molecule has 0 bridgehead atoms. The van der Waals surface area contributed by atoms with Gasteiger partial charge in [-0.2, -0.15) is 0 Å². The molecule has 4 rings (SSSR count). The highest BCUT2D eigenvalue weighted by atomic mass is 79.9. The molecule has 0 N–H and O–H groups in total. The first kappa shape index (κ1) is 23.5. The third kappa shape index (κ3) is 5.83. The van der Waals surface area contributed by atoms with Gasteiger partial charge in [0.2, 0.25) is 5.91 Å². The average Bonchev–Trinajstić information content (AvgIpc) is 3.07. The van der Waals surface area contributed by atoms with Crippen molar-refractivity contribution in [1.29, 1.82) is 0 Å². The zero-order valence-electron chi connectivity index (χ0n) is 17.8. The molecule has 3 amide bonds. The van der Waals surface area contributed by atoms with Crippen molar-refractivity contribution in [3.63, 3.8) is 0 Å². The van der Waals surface area contributed by atoms with E-state index in [9.17, 15) is 18.8 Å². The largest absolute Gasteiger partial charge is 0.488 e. The van der Waals surface area contributed by atoms with Gasteiger partial charge < -0.3 is 9.64 Å². The number of likely N-dealkylation sites (tertiary alicyclic amines) is 1. The van der Waals surface area contributed by atoms with Crippen LogP contribution in [0.3, 0.4) is 0 Å². The first-order chi connectivity index (χ1) is 15.9. The fourth-order valence-corrected chi connectivity index (χ4v) is 4.87.